The lowest BCUT2D eigenvalue weighted by Gasteiger charge is -2.08. The van der Waals surface area contributed by atoms with Gasteiger partial charge in [0.2, 0.25) is 0 Å². The maximum Gasteiger partial charge on any atom is 0.192 e. The molecule has 0 nitrogen and oxygen atoms in total. The first kappa shape index (κ1) is 16.4. The van der Waals surface area contributed by atoms with E-state index in [2.05, 4.69) is 110 Å². The minimum absolute atomic E-state index is 0.965. The fourth-order valence-electron chi connectivity index (χ4n) is 3.40. The van der Waals surface area contributed by atoms with Crippen molar-refractivity contribution in [1.29, 1.82) is 0 Å². The zero-order valence-corrected chi connectivity index (χ0v) is 15.0. The largest absolute Gasteiger partial charge is 0.192 e. The summed E-state index contributed by atoms with van der Waals surface area (Å²) < 4.78 is 0. The molecule has 0 radical (unpaired) electrons. The van der Waals surface area contributed by atoms with Crippen molar-refractivity contribution >= 4 is 18.2 Å². The number of rotatable bonds is 4. The van der Waals surface area contributed by atoms with Crippen molar-refractivity contribution in [3.8, 4) is 22.3 Å². The first-order chi connectivity index (χ1) is 12.8. The molecule has 124 valence electrons. The number of benzene rings is 4. The Balaban J connectivity index is 1.66. The summed E-state index contributed by atoms with van der Waals surface area (Å²) in [5.74, 6) is 0. The second-order valence-corrected chi connectivity index (χ2v) is 6.81. The lowest BCUT2D eigenvalue weighted by Crippen LogP contribution is -2.26. The quantitative estimate of drug-likeness (QED) is 0.475. The third-order valence-corrected chi connectivity index (χ3v) is 4.73. The Morgan fingerprint density at radius 3 is 1.69 bits per heavy atom. The third kappa shape index (κ3) is 3.78. The average Bonchev–Trinajstić information content (AvgIpc) is 2.69. The van der Waals surface area contributed by atoms with Gasteiger partial charge in [-0.1, -0.05) is 114 Å². The lowest BCUT2D eigenvalue weighted by molar-refractivity contribution is 1.47. The molecule has 0 fully saturated rings. The molecular weight excluding hydrogens is 311 g/mol. The molecule has 0 atom stereocenters. The van der Waals surface area contributed by atoms with Crippen LogP contribution in [0.2, 0.25) is 0 Å². The van der Waals surface area contributed by atoms with E-state index in [-0.39, 0.29) is 0 Å². The van der Waals surface area contributed by atoms with Crippen molar-refractivity contribution in [3.05, 3.63) is 109 Å². The summed E-state index contributed by atoms with van der Waals surface area (Å²) in [4.78, 5) is 0. The molecule has 4 aromatic carbocycles. The fourth-order valence-corrected chi connectivity index (χ4v) is 3.40. The summed E-state index contributed by atoms with van der Waals surface area (Å²) in [6.07, 6.45) is 0. The molecule has 0 aliphatic rings. The Hall–Kier alpha value is -3.06. The van der Waals surface area contributed by atoms with Gasteiger partial charge < -0.3 is 0 Å². The molecule has 0 N–H and O–H groups in total. The van der Waals surface area contributed by atoms with Gasteiger partial charge in [0.15, 0.2) is 7.28 Å². The lowest BCUT2D eigenvalue weighted by atomic mass is 9.64. The van der Waals surface area contributed by atoms with E-state index in [0.717, 1.165) is 7.28 Å². The molecular formula is C25H21B. The third-order valence-electron chi connectivity index (χ3n) is 4.73. The molecule has 0 aromatic heterocycles. The van der Waals surface area contributed by atoms with Crippen LogP contribution in [0.4, 0.5) is 0 Å². The van der Waals surface area contributed by atoms with Gasteiger partial charge in [-0.2, -0.15) is 0 Å². The van der Waals surface area contributed by atoms with E-state index >= 15 is 0 Å². The van der Waals surface area contributed by atoms with E-state index in [1.807, 2.05) is 0 Å². The van der Waals surface area contributed by atoms with Crippen molar-refractivity contribution in [1.82, 2.24) is 0 Å². The number of hydrogen-bond donors (Lipinski definition) is 0. The fraction of sp³-hybridized carbons (Fsp3) is 0.0400. The first-order valence-corrected chi connectivity index (χ1v) is 9.08. The molecule has 0 spiro atoms. The topological polar surface area (TPSA) is 0 Å². The summed E-state index contributed by atoms with van der Waals surface area (Å²) in [7, 11) is 0.965. The van der Waals surface area contributed by atoms with Gasteiger partial charge in [-0.3, -0.25) is 0 Å². The van der Waals surface area contributed by atoms with Gasteiger partial charge in [-0.15, -0.1) is 0 Å². The molecule has 0 aliphatic heterocycles. The standard InChI is InChI=1S/C25H21B/c1-19-8-5-9-20(16-19)21-10-6-11-22(17-21)23-12-7-15-25(18-23)26-24-13-3-2-4-14-24/h2-18,26H,1H3. The molecule has 0 aliphatic carbocycles. The number of hydrogen-bond acceptors (Lipinski definition) is 0. The predicted molar refractivity (Wildman–Crippen MR) is 115 cm³/mol. The molecule has 4 aromatic rings. The maximum absolute atomic E-state index is 2.31. The second kappa shape index (κ2) is 7.45. The van der Waals surface area contributed by atoms with E-state index < -0.39 is 0 Å². The van der Waals surface area contributed by atoms with Gasteiger partial charge in [0.25, 0.3) is 0 Å². The smallest absolute Gasteiger partial charge is 0.0786 e. The van der Waals surface area contributed by atoms with Crippen LogP contribution < -0.4 is 10.9 Å². The van der Waals surface area contributed by atoms with Crippen LogP contribution in [-0.2, 0) is 0 Å². The van der Waals surface area contributed by atoms with Crippen LogP contribution in [0.1, 0.15) is 5.56 Å². The van der Waals surface area contributed by atoms with Crippen LogP contribution in [-0.4, -0.2) is 7.28 Å². The van der Waals surface area contributed by atoms with Gasteiger partial charge >= 0.3 is 0 Å². The molecule has 1 heteroatoms. The van der Waals surface area contributed by atoms with E-state index in [1.54, 1.807) is 0 Å². The second-order valence-electron chi connectivity index (χ2n) is 6.81. The SMILES string of the molecule is Cc1cccc(-c2cccc(-c3cccc(Bc4ccccc4)c3)c2)c1. The van der Waals surface area contributed by atoms with Crippen LogP contribution in [0.5, 0.6) is 0 Å². The van der Waals surface area contributed by atoms with Crippen LogP contribution in [0, 0.1) is 6.92 Å². The van der Waals surface area contributed by atoms with E-state index in [1.165, 1.54) is 38.7 Å². The van der Waals surface area contributed by atoms with Gasteiger partial charge in [0, 0.05) is 0 Å². The zero-order valence-electron chi connectivity index (χ0n) is 15.0. The Kier molecular flexibility index (Phi) is 4.70. The highest BCUT2D eigenvalue weighted by Gasteiger charge is 2.04. The van der Waals surface area contributed by atoms with E-state index in [0.29, 0.717) is 0 Å². The molecule has 26 heavy (non-hydrogen) atoms. The average molecular weight is 332 g/mol. The molecule has 0 saturated heterocycles. The van der Waals surface area contributed by atoms with Crippen molar-refractivity contribution in [2.75, 3.05) is 0 Å². The first-order valence-electron chi connectivity index (χ1n) is 9.08. The normalized spacial score (nSPS) is 10.5. The zero-order chi connectivity index (χ0) is 17.8. The summed E-state index contributed by atoms with van der Waals surface area (Å²) in [6, 6.07) is 37.0. The van der Waals surface area contributed by atoms with E-state index in [9.17, 15) is 0 Å². The highest BCUT2D eigenvalue weighted by molar-refractivity contribution is 6.67. The molecule has 0 saturated carbocycles. The Morgan fingerprint density at radius 1 is 0.462 bits per heavy atom. The van der Waals surface area contributed by atoms with Crippen LogP contribution >= 0.6 is 0 Å². The van der Waals surface area contributed by atoms with Crippen LogP contribution in [0.25, 0.3) is 22.3 Å². The van der Waals surface area contributed by atoms with Crippen LogP contribution in [0.15, 0.2) is 103 Å². The van der Waals surface area contributed by atoms with Gasteiger partial charge in [-0.25, -0.2) is 0 Å². The molecule has 0 heterocycles. The summed E-state index contributed by atoms with van der Waals surface area (Å²) in [5.41, 5.74) is 9.05. The summed E-state index contributed by atoms with van der Waals surface area (Å²) in [5, 5.41) is 0. The minimum atomic E-state index is 0.965. The number of aryl methyl sites for hydroxylation is 1. The molecule has 0 amide bonds. The summed E-state index contributed by atoms with van der Waals surface area (Å²) >= 11 is 0. The highest BCUT2D eigenvalue weighted by Crippen LogP contribution is 2.26. The Morgan fingerprint density at radius 2 is 1.00 bits per heavy atom. The maximum atomic E-state index is 2.31. The summed E-state index contributed by atoms with van der Waals surface area (Å²) in [6.45, 7) is 2.14. The van der Waals surface area contributed by atoms with Gasteiger partial charge in [-0.05, 0) is 35.2 Å². The van der Waals surface area contributed by atoms with E-state index in [4.69, 9.17) is 0 Å². The predicted octanol–water partition coefficient (Wildman–Crippen LogP) is 4.72. The Labute approximate surface area is 156 Å². The van der Waals surface area contributed by atoms with Crippen molar-refractivity contribution in [2.45, 2.75) is 6.92 Å². The molecule has 4 rings (SSSR count). The minimum Gasteiger partial charge on any atom is -0.0786 e. The van der Waals surface area contributed by atoms with Gasteiger partial charge in [0.1, 0.15) is 0 Å². The Bertz CT molecular complexity index is 1020. The molecule has 0 bridgehead atoms. The van der Waals surface area contributed by atoms with Crippen LogP contribution in [0.3, 0.4) is 0 Å². The highest BCUT2D eigenvalue weighted by atomic mass is 14.1. The van der Waals surface area contributed by atoms with Gasteiger partial charge in [0.05, 0.1) is 0 Å². The van der Waals surface area contributed by atoms with Crippen molar-refractivity contribution in [3.63, 3.8) is 0 Å². The van der Waals surface area contributed by atoms with Crippen molar-refractivity contribution in [2.24, 2.45) is 0 Å². The molecule has 0 unspecified atom stereocenters. The van der Waals surface area contributed by atoms with Crippen molar-refractivity contribution < 1.29 is 0 Å². The monoisotopic (exact) mass is 332 g/mol.